The summed E-state index contributed by atoms with van der Waals surface area (Å²) in [6.45, 7) is 2.04. The SMILES string of the molecule is CC(=O)N1CC(C(=O)c2ccc(F)cc2F)C1. The fourth-order valence-electron chi connectivity index (χ4n) is 1.81. The molecule has 0 atom stereocenters. The number of amides is 1. The van der Waals surface area contributed by atoms with Crippen molar-refractivity contribution in [3.8, 4) is 0 Å². The van der Waals surface area contributed by atoms with Crippen molar-refractivity contribution < 1.29 is 18.4 Å². The number of carbonyl (C=O) groups is 2. The van der Waals surface area contributed by atoms with Crippen molar-refractivity contribution in [2.45, 2.75) is 6.92 Å². The summed E-state index contributed by atoms with van der Waals surface area (Å²) in [5.41, 5.74) is -0.111. The number of likely N-dealkylation sites (tertiary alicyclic amines) is 1. The van der Waals surface area contributed by atoms with Gasteiger partial charge in [0.15, 0.2) is 5.78 Å². The van der Waals surface area contributed by atoms with Gasteiger partial charge in [-0.05, 0) is 12.1 Å². The molecule has 1 heterocycles. The van der Waals surface area contributed by atoms with Crippen LogP contribution in [0.4, 0.5) is 8.78 Å². The smallest absolute Gasteiger partial charge is 0.219 e. The topological polar surface area (TPSA) is 37.4 Å². The molecular weight excluding hydrogens is 228 g/mol. The summed E-state index contributed by atoms with van der Waals surface area (Å²) < 4.78 is 26.0. The number of hydrogen-bond donors (Lipinski definition) is 0. The summed E-state index contributed by atoms with van der Waals surface area (Å²) in [6, 6.07) is 2.88. The third-order valence-corrected chi connectivity index (χ3v) is 2.89. The van der Waals surface area contributed by atoms with E-state index in [-0.39, 0.29) is 23.2 Å². The summed E-state index contributed by atoms with van der Waals surface area (Å²) in [7, 11) is 0. The summed E-state index contributed by atoms with van der Waals surface area (Å²) in [4.78, 5) is 24.3. The van der Waals surface area contributed by atoms with Crippen molar-refractivity contribution in [1.29, 1.82) is 0 Å². The quantitative estimate of drug-likeness (QED) is 0.735. The molecule has 0 saturated carbocycles. The molecule has 0 aliphatic carbocycles. The van der Waals surface area contributed by atoms with Gasteiger partial charge in [0, 0.05) is 26.1 Å². The van der Waals surface area contributed by atoms with E-state index in [4.69, 9.17) is 0 Å². The molecule has 90 valence electrons. The monoisotopic (exact) mass is 239 g/mol. The number of hydrogen-bond acceptors (Lipinski definition) is 2. The standard InChI is InChI=1S/C12H11F2NO2/c1-7(16)15-5-8(6-15)12(17)10-3-2-9(13)4-11(10)14/h2-4,8H,5-6H2,1H3. The average molecular weight is 239 g/mol. The Morgan fingerprint density at radius 3 is 2.47 bits per heavy atom. The molecule has 1 aromatic rings. The normalized spacial score (nSPS) is 15.6. The van der Waals surface area contributed by atoms with E-state index < -0.39 is 11.6 Å². The number of carbonyl (C=O) groups excluding carboxylic acids is 2. The van der Waals surface area contributed by atoms with Crippen LogP contribution >= 0.6 is 0 Å². The molecule has 3 nitrogen and oxygen atoms in total. The first-order valence-corrected chi connectivity index (χ1v) is 5.24. The Morgan fingerprint density at radius 1 is 1.29 bits per heavy atom. The Balaban J connectivity index is 2.09. The van der Waals surface area contributed by atoms with Gasteiger partial charge in [-0.3, -0.25) is 9.59 Å². The zero-order valence-electron chi connectivity index (χ0n) is 9.24. The Morgan fingerprint density at radius 2 is 1.94 bits per heavy atom. The highest BCUT2D eigenvalue weighted by Gasteiger charge is 2.35. The van der Waals surface area contributed by atoms with Gasteiger partial charge < -0.3 is 4.90 Å². The van der Waals surface area contributed by atoms with Crippen LogP contribution in [0.1, 0.15) is 17.3 Å². The minimum atomic E-state index is -0.851. The van der Waals surface area contributed by atoms with Gasteiger partial charge in [0.1, 0.15) is 11.6 Å². The molecular formula is C12H11F2NO2. The number of benzene rings is 1. The molecule has 17 heavy (non-hydrogen) atoms. The lowest BCUT2D eigenvalue weighted by Gasteiger charge is -2.37. The highest BCUT2D eigenvalue weighted by Crippen LogP contribution is 2.22. The number of nitrogens with zero attached hydrogens (tertiary/aromatic N) is 1. The average Bonchev–Trinajstić information content (AvgIpc) is 2.13. The van der Waals surface area contributed by atoms with Gasteiger partial charge in [0.25, 0.3) is 0 Å². The van der Waals surface area contributed by atoms with Crippen molar-refractivity contribution in [3.63, 3.8) is 0 Å². The van der Waals surface area contributed by atoms with Crippen LogP contribution in [0.5, 0.6) is 0 Å². The van der Waals surface area contributed by atoms with E-state index in [0.717, 1.165) is 12.1 Å². The predicted octanol–water partition coefficient (Wildman–Crippen LogP) is 1.63. The van der Waals surface area contributed by atoms with E-state index in [1.165, 1.54) is 11.8 Å². The van der Waals surface area contributed by atoms with Crippen LogP contribution < -0.4 is 0 Å². The molecule has 5 heteroatoms. The maximum Gasteiger partial charge on any atom is 0.219 e. The van der Waals surface area contributed by atoms with Gasteiger partial charge in [0.2, 0.25) is 5.91 Å². The first-order chi connectivity index (χ1) is 7.99. The first-order valence-electron chi connectivity index (χ1n) is 5.24. The van der Waals surface area contributed by atoms with Gasteiger partial charge >= 0.3 is 0 Å². The third kappa shape index (κ3) is 2.18. The van der Waals surface area contributed by atoms with Gasteiger partial charge in [-0.1, -0.05) is 0 Å². The lowest BCUT2D eigenvalue weighted by molar-refractivity contribution is -0.133. The van der Waals surface area contributed by atoms with Crippen LogP contribution in [-0.2, 0) is 4.79 Å². The Bertz CT molecular complexity index is 481. The van der Waals surface area contributed by atoms with Crippen molar-refractivity contribution in [1.82, 2.24) is 4.90 Å². The van der Waals surface area contributed by atoms with Crippen LogP contribution in [-0.4, -0.2) is 29.7 Å². The molecule has 1 aliphatic heterocycles. The van der Waals surface area contributed by atoms with E-state index in [1.807, 2.05) is 0 Å². The highest BCUT2D eigenvalue weighted by atomic mass is 19.1. The fraction of sp³-hybridized carbons (Fsp3) is 0.333. The van der Waals surface area contributed by atoms with Crippen molar-refractivity contribution in [2.75, 3.05) is 13.1 Å². The number of Topliss-reactive ketones (excluding diaryl/α,β-unsaturated/α-hetero) is 1. The minimum Gasteiger partial charge on any atom is -0.341 e. The fourth-order valence-corrected chi connectivity index (χ4v) is 1.81. The van der Waals surface area contributed by atoms with Gasteiger partial charge in [-0.15, -0.1) is 0 Å². The van der Waals surface area contributed by atoms with Crippen molar-refractivity contribution >= 4 is 11.7 Å². The van der Waals surface area contributed by atoms with E-state index in [9.17, 15) is 18.4 Å². The number of halogens is 2. The molecule has 0 spiro atoms. The van der Waals surface area contributed by atoms with E-state index in [1.54, 1.807) is 0 Å². The first kappa shape index (κ1) is 11.7. The van der Waals surface area contributed by atoms with Crippen LogP contribution in [0.2, 0.25) is 0 Å². The Labute approximate surface area is 97.0 Å². The number of ketones is 1. The predicted molar refractivity (Wildman–Crippen MR) is 56.4 cm³/mol. The zero-order chi connectivity index (χ0) is 12.6. The maximum absolute atomic E-state index is 13.3. The summed E-state index contributed by atoms with van der Waals surface area (Å²) >= 11 is 0. The summed E-state index contributed by atoms with van der Waals surface area (Å²) in [5.74, 6) is -2.42. The van der Waals surface area contributed by atoms with E-state index in [2.05, 4.69) is 0 Å². The van der Waals surface area contributed by atoms with Crippen molar-refractivity contribution in [2.24, 2.45) is 5.92 Å². The molecule has 1 fully saturated rings. The molecule has 1 amide bonds. The van der Waals surface area contributed by atoms with Crippen LogP contribution in [0.25, 0.3) is 0 Å². The lowest BCUT2D eigenvalue weighted by atomic mass is 9.90. The second-order valence-corrected chi connectivity index (χ2v) is 4.11. The molecule has 2 rings (SSSR count). The molecule has 1 saturated heterocycles. The van der Waals surface area contributed by atoms with E-state index >= 15 is 0 Å². The van der Waals surface area contributed by atoms with E-state index in [0.29, 0.717) is 19.2 Å². The minimum absolute atomic E-state index is 0.103. The molecule has 0 bridgehead atoms. The molecule has 1 aliphatic rings. The molecule has 0 N–H and O–H groups in total. The maximum atomic E-state index is 13.3. The zero-order valence-corrected chi connectivity index (χ0v) is 9.24. The molecule has 0 aromatic heterocycles. The van der Waals surface area contributed by atoms with Crippen LogP contribution in [0.3, 0.4) is 0 Å². The molecule has 1 aromatic carbocycles. The highest BCUT2D eigenvalue weighted by molar-refractivity contribution is 5.99. The lowest BCUT2D eigenvalue weighted by Crippen LogP contribution is -2.52. The van der Waals surface area contributed by atoms with Gasteiger partial charge in [-0.2, -0.15) is 0 Å². The number of rotatable bonds is 2. The largest absolute Gasteiger partial charge is 0.341 e. The van der Waals surface area contributed by atoms with Crippen LogP contribution in [0.15, 0.2) is 18.2 Å². The third-order valence-electron chi connectivity index (χ3n) is 2.89. The van der Waals surface area contributed by atoms with Gasteiger partial charge in [0.05, 0.1) is 11.5 Å². The van der Waals surface area contributed by atoms with Crippen molar-refractivity contribution in [3.05, 3.63) is 35.4 Å². The second kappa shape index (κ2) is 4.24. The Kier molecular flexibility index (Phi) is 2.92. The molecule has 0 unspecified atom stereocenters. The Hall–Kier alpha value is -1.78. The molecule has 0 radical (unpaired) electrons. The van der Waals surface area contributed by atoms with Crippen LogP contribution in [0, 0.1) is 17.6 Å². The summed E-state index contributed by atoms with van der Waals surface area (Å²) in [6.07, 6.45) is 0. The summed E-state index contributed by atoms with van der Waals surface area (Å²) in [5, 5.41) is 0. The van der Waals surface area contributed by atoms with Gasteiger partial charge in [-0.25, -0.2) is 8.78 Å². The second-order valence-electron chi connectivity index (χ2n) is 4.11.